The summed E-state index contributed by atoms with van der Waals surface area (Å²) < 4.78 is 4.49. The Hall–Kier alpha value is -2.67. The minimum Gasteiger partial charge on any atom is -0.468 e. The van der Waals surface area contributed by atoms with Crippen molar-refractivity contribution in [2.75, 3.05) is 19.0 Å². The van der Waals surface area contributed by atoms with Gasteiger partial charge in [-0.05, 0) is 66.5 Å². The van der Waals surface area contributed by atoms with Crippen LogP contribution in [0, 0.1) is 11.3 Å². The quantitative estimate of drug-likeness (QED) is 0.704. The zero-order valence-corrected chi connectivity index (χ0v) is 18.7. The first-order chi connectivity index (χ1) is 14.2. The van der Waals surface area contributed by atoms with Gasteiger partial charge in [0.1, 0.15) is 6.54 Å². The van der Waals surface area contributed by atoms with Gasteiger partial charge in [0.25, 0.3) is 11.8 Å². The largest absolute Gasteiger partial charge is 0.468 e. The fourth-order valence-electron chi connectivity index (χ4n) is 3.60. The number of nitrogens with one attached hydrogen (secondary N) is 2. The molecule has 1 heterocycles. The fraction of sp³-hybridized carbons (Fsp3) is 0.435. The number of anilines is 1. The number of aryl methyl sites for hydroxylation is 1. The summed E-state index contributed by atoms with van der Waals surface area (Å²) in [6, 6.07) is 8.59. The number of hydrogen-bond acceptors (Lipinski definition) is 5. The highest BCUT2D eigenvalue weighted by atomic mass is 32.1. The van der Waals surface area contributed by atoms with Crippen molar-refractivity contribution in [3.8, 4) is 0 Å². The van der Waals surface area contributed by atoms with Gasteiger partial charge in [0, 0.05) is 16.1 Å². The number of benzene rings is 1. The van der Waals surface area contributed by atoms with Crippen LogP contribution in [-0.4, -0.2) is 31.4 Å². The summed E-state index contributed by atoms with van der Waals surface area (Å²) in [5, 5.41) is 5.38. The Bertz CT molecular complexity index is 941. The van der Waals surface area contributed by atoms with Crippen LogP contribution in [-0.2, 0) is 22.4 Å². The molecule has 1 atom stereocenters. The Morgan fingerprint density at radius 2 is 1.83 bits per heavy atom. The molecular formula is C23H28N2O4S. The molecule has 1 unspecified atom stereocenters. The lowest BCUT2D eigenvalue weighted by molar-refractivity contribution is -0.139. The van der Waals surface area contributed by atoms with Crippen LogP contribution >= 0.6 is 11.3 Å². The summed E-state index contributed by atoms with van der Waals surface area (Å²) in [6.07, 6.45) is 3.22. The summed E-state index contributed by atoms with van der Waals surface area (Å²) in [5.41, 5.74) is 2.58. The second kappa shape index (κ2) is 9.00. The molecule has 1 aromatic heterocycles. The molecule has 160 valence electrons. The number of amides is 2. The van der Waals surface area contributed by atoms with E-state index in [1.807, 2.05) is 6.07 Å². The Morgan fingerprint density at radius 3 is 2.47 bits per heavy atom. The topological polar surface area (TPSA) is 84.5 Å². The van der Waals surface area contributed by atoms with E-state index in [4.69, 9.17) is 0 Å². The first kappa shape index (κ1) is 22.0. The molecule has 0 radical (unpaired) electrons. The minimum atomic E-state index is -0.514. The van der Waals surface area contributed by atoms with E-state index >= 15 is 0 Å². The lowest BCUT2D eigenvalue weighted by Crippen LogP contribution is -2.30. The van der Waals surface area contributed by atoms with Crippen molar-refractivity contribution in [1.29, 1.82) is 0 Å². The number of rotatable bonds is 5. The van der Waals surface area contributed by atoms with Gasteiger partial charge < -0.3 is 15.4 Å². The number of esters is 1. The molecule has 1 aromatic carbocycles. The number of carbonyl (C=O) groups excluding carboxylic acids is 3. The van der Waals surface area contributed by atoms with Gasteiger partial charge in [0.2, 0.25) is 0 Å². The molecule has 2 aromatic rings. The van der Waals surface area contributed by atoms with Crippen LogP contribution in [0.25, 0.3) is 0 Å². The van der Waals surface area contributed by atoms with E-state index in [1.165, 1.54) is 17.6 Å². The Balaban J connectivity index is 1.61. The number of methoxy groups -OCH3 is 1. The SMILES string of the molecule is COC(=O)CNC(=O)c1ccc(NC(=O)c2cc3c(s2)CCC(C(C)(C)C)C3)cc1. The first-order valence-corrected chi connectivity index (χ1v) is 10.9. The fourth-order valence-corrected chi connectivity index (χ4v) is 4.70. The molecule has 1 aliphatic carbocycles. The molecule has 3 rings (SSSR count). The van der Waals surface area contributed by atoms with E-state index in [1.54, 1.807) is 35.6 Å². The van der Waals surface area contributed by atoms with Crippen molar-refractivity contribution in [3.63, 3.8) is 0 Å². The number of hydrogen-bond donors (Lipinski definition) is 2. The van der Waals surface area contributed by atoms with Gasteiger partial charge in [-0.1, -0.05) is 20.8 Å². The summed E-state index contributed by atoms with van der Waals surface area (Å²) in [6.45, 7) is 6.65. The van der Waals surface area contributed by atoms with Gasteiger partial charge in [-0.25, -0.2) is 0 Å². The van der Waals surface area contributed by atoms with Gasteiger partial charge in [-0.15, -0.1) is 11.3 Å². The molecule has 1 aliphatic rings. The molecular weight excluding hydrogens is 400 g/mol. The number of fused-ring (bicyclic) bond motifs is 1. The van der Waals surface area contributed by atoms with E-state index in [0.29, 0.717) is 17.2 Å². The monoisotopic (exact) mass is 428 g/mol. The third-order valence-electron chi connectivity index (χ3n) is 5.56. The number of thiophene rings is 1. The Kier molecular flexibility index (Phi) is 6.61. The van der Waals surface area contributed by atoms with E-state index in [-0.39, 0.29) is 23.8 Å². The number of carbonyl (C=O) groups is 3. The van der Waals surface area contributed by atoms with Gasteiger partial charge in [0.15, 0.2) is 0 Å². The molecule has 7 heteroatoms. The molecule has 0 aliphatic heterocycles. The van der Waals surface area contributed by atoms with Crippen molar-refractivity contribution in [2.45, 2.75) is 40.0 Å². The van der Waals surface area contributed by atoms with Crippen LogP contribution in [0.3, 0.4) is 0 Å². The van der Waals surface area contributed by atoms with Crippen molar-refractivity contribution < 1.29 is 19.1 Å². The lowest BCUT2D eigenvalue weighted by Gasteiger charge is -2.33. The van der Waals surface area contributed by atoms with Crippen molar-refractivity contribution in [1.82, 2.24) is 5.32 Å². The normalized spacial score (nSPS) is 15.8. The molecule has 2 N–H and O–H groups in total. The van der Waals surface area contributed by atoms with Crippen LogP contribution in [0.15, 0.2) is 30.3 Å². The highest BCUT2D eigenvalue weighted by Crippen LogP contribution is 2.40. The van der Waals surface area contributed by atoms with Crippen LogP contribution in [0.1, 0.15) is 57.7 Å². The van der Waals surface area contributed by atoms with Crippen LogP contribution in [0.2, 0.25) is 0 Å². The van der Waals surface area contributed by atoms with Crippen LogP contribution in [0.5, 0.6) is 0 Å². The van der Waals surface area contributed by atoms with Crippen LogP contribution in [0.4, 0.5) is 5.69 Å². The average molecular weight is 429 g/mol. The molecule has 0 spiro atoms. The smallest absolute Gasteiger partial charge is 0.325 e. The van der Waals surface area contributed by atoms with E-state index < -0.39 is 5.97 Å². The zero-order chi connectivity index (χ0) is 21.9. The summed E-state index contributed by atoms with van der Waals surface area (Å²) in [5.74, 6) is -0.393. The van der Waals surface area contributed by atoms with Gasteiger partial charge in [0.05, 0.1) is 12.0 Å². The predicted octanol–water partition coefficient (Wildman–Crippen LogP) is 4.05. The first-order valence-electron chi connectivity index (χ1n) is 10.1. The third kappa shape index (κ3) is 5.27. The van der Waals surface area contributed by atoms with Gasteiger partial charge in [-0.3, -0.25) is 14.4 Å². The second-order valence-corrected chi connectivity index (χ2v) is 9.79. The number of ether oxygens (including phenoxy) is 1. The summed E-state index contributed by atoms with van der Waals surface area (Å²) >= 11 is 1.57. The van der Waals surface area contributed by atoms with Gasteiger partial charge in [-0.2, -0.15) is 0 Å². The van der Waals surface area contributed by atoms with Crippen molar-refractivity contribution in [2.24, 2.45) is 11.3 Å². The minimum absolute atomic E-state index is 0.135. The van der Waals surface area contributed by atoms with E-state index in [0.717, 1.165) is 24.1 Å². The lowest BCUT2D eigenvalue weighted by atomic mass is 9.72. The maximum absolute atomic E-state index is 12.7. The van der Waals surface area contributed by atoms with Crippen molar-refractivity contribution >= 4 is 34.8 Å². The van der Waals surface area contributed by atoms with Crippen LogP contribution < -0.4 is 10.6 Å². The summed E-state index contributed by atoms with van der Waals surface area (Å²) in [7, 11) is 1.26. The summed E-state index contributed by atoms with van der Waals surface area (Å²) in [4.78, 5) is 37.9. The predicted molar refractivity (Wildman–Crippen MR) is 118 cm³/mol. The molecule has 0 bridgehead atoms. The molecule has 0 saturated heterocycles. The van der Waals surface area contributed by atoms with Crippen molar-refractivity contribution in [3.05, 3.63) is 51.2 Å². The second-order valence-electron chi connectivity index (χ2n) is 8.66. The average Bonchev–Trinajstić information content (AvgIpc) is 3.15. The third-order valence-corrected chi connectivity index (χ3v) is 6.79. The Labute approximate surface area is 181 Å². The van der Waals surface area contributed by atoms with E-state index in [9.17, 15) is 14.4 Å². The van der Waals surface area contributed by atoms with E-state index in [2.05, 4.69) is 36.1 Å². The molecule has 30 heavy (non-hydrogen) atoms. The molecule has 2 amide bonds. The molecule has 6 nitrogen and oxygen atoms in total. The Morgan fingerprint density at radius 1 is 1.13 bits per heavy atom. The zero-order valence-electron chi connectivity index (χ0n) is 17.8. The highest BCUT2D eigenvalue weighted by Gasteiger charge is 2.30. The van der Waals surface area contributed by atoms with Gasteiger partial charge >= 0.3 is 5.97 Å². The molecule has 0 fully saturated rings. The standard InChI is InChI=1S/C23H28N2O4S/c1-23(2,3)16-7-10-18-15(11-16)12-19(30-18)22(28)25-17-8-5-14(6-9-17)21(27)24-13-20(26)29-4/h5-6,8-9,12,16H,7,10-11,13H2,1-4H3,(H,24,27)(H,25,28). The maximum atomic E-state index is 12.7. The molecule has 0 saturated carbocycles. The maximum Gasteiger partial charge on any atom is 0.325 e. The highest BCUT2D eigenvalue weighted by molar-refractivity contribution is 7.14.